The van der Waals surface area contributed by atoms with Crippen molar-refractivity contribution in [3.8, 4) is 0 Å². The molecule has 0 unspecified atom stereocenters. The molecule has 0 aromatic carbocycles. The van der Waals surface area contributed by atoms with Gasteiger partial charge in [-0.15, -0.1) is 0 Å². The van der Waals surface area contributed by atoms with Gasteiger partial charge in [-0.25, -0.2) is 0 Å². The number of ether oxygens (including phenoxy) is 3. The molecule has 5 nitrogen and oxygen atoms in total. The molecule has 0 N–H and O–H groups in total. The molecule has 0 aromatic rings. The van der Waals surface area contributed by atoms with Gasteiger partial charge in [-0.05, 0) is 13.3 Å². The molecular weight excluding hydrogens is 212 g/mol. The fourth-order valence-corrected chi connectivity index (χ4v) is 0.694. The zero-order valence-corrected chi connectivity index (χ0v) is 10.6. The smallest absolute Gasteiger partial charge is 0.302 e. The van der Waals surface area contributed by atoms with Crippen molar-refractivity contribution in [1.82, 2.24) is 0 Å². The van der Waals surface area contributed by atoms with E-state index in [0.29, 0.717) is 19.8 Å². The maximum absolute atomic E-state index is 10.2. The zero-order chi connectivity index (χ0) is 12.8. The van der Waals surface area contributed by atoms with Crippen LogP contribution in [0.25, 0.3) is 0 Å². The molecule has 0 heterocycles. The van der Waals surface area contributed by atoms with E-state index in [1.54, 1.807) is 6.92 Å². The van der Waals surface area contributed by atoms with Crippen LogP contribution >= 0.6 is 0 Å². The fraction of sp³-hybridized carbons (Fsp3) is 0.818. The van der Waals surface area contributed by atoms with Crippen molar-refractivity contribution in [3.05, 3.63) is 0 Å². The van der Waals surface area contributed by atoms with Crippen molar-refractivity contribution >= 4 is 11.9 Å². The highest BCUT2D eigenvalue weighted by molar-refractivity contribution is 5.66. The average molecular weight is 234 g/mol. The minimum Gasteiger partial charge on any atom is -0.466 e. The molecule has 0 bridgehead atoms. The standard InChI is InChI=1S/C7H14O3.C4H8O2/c1-3-4-9-5-6-10-7(2)8;1-3-6-4(2)5/h3-6H2,1-2H3;3H2,1-2H3. The molecule has 0 aromatic heterocycles. The molecule has 0 radical (unpaired) electrons. The molecule has 0 aliphatic heterocycles. The summed E-state index contributed by atoms with van der Waals surface area (Å²) in [6.07, 6.45) is 1.00. The Labute approximate surface area is 97.1 Å². The third kappa shape index (κ3) is 23.1. The number of hydrogen-bond acceptors (Lipinski definition) is 5. The molecule has 0 saturated heterocycles. The predicted molar refractivity (Wildman–Crippen MR) is 60.1 cm³/mol. The van der Waals surface area contributed by atoms with Gasteiger partial charge >= 0.3 is 11.9 Å². The molecular formula is C11H22O5. The van der Waals surface area contributed by atoms with Crippen molar-refractivity contribution in [1.29, 1.82) is 0 Å². The monoisotopic (exact) mass is 234 g/mol. The summed E-state index contributed by atoms with van der Waals surface area (Å²) in [6.45, 7) is 8.69. The van der Waals surface area contributed by atoms with E-state index in [0.717, 1.165) is 13.0 Å². The maximum Gasteiger partial charge on any atom is 0.302 e. The first-order chi connectivity index (χ1) is 7.54. The van der Waals surface area contributed by atoms with E-state index < -0.39 is 0 Å². The van der Waals surface area contributed by atoms with Crippen LogP contribution in [0.15, 0.2) is 0 Å². The first kappa shape index (κ1) is 17.3. The molecule has 0 saturated carbocycles. The second-order valence-corrected chi connectivity index (χ2v) is 2.88. The van der Waals surface area contributed by atoms with Crippen LogP contribution in [0.3, 0.4) is 0 Å². The summed E-state index contributed by atoms with van der Waals surface area (Å²) in [5, 5.41) is 0. The van der Waals surface area contributed by atoms with Crippen molar-refractivity contribution < 1.29 is 23.8 Å². The molecule has 0 amide bonds. The quantitative estimate of drug-likeness (QED) is 0.515. The third-order valence-corrected chi connectivity index (χ3v) is 1.23. The van der Waals surface area contributed by atoms with Gasteiger partial charge in [0.2, 0.25) is 0 Å². The lowest BCUT2D eigenvalue weighted by Crippen LogP contribution is -2.07. The first-order valence-electron chi connectivity index (χ1n) is 5.39. The Balaban J connectivity index is 0. The summed E-state index contributed by atoms with van der Waals surface area (Å²) in [5.41, 5.74) is 0. The number of carbonyl (C=O) groups is 2. The highest BCUT2D eigenvalue weighted by Gasteiger charge is 1.90. The lowest BCUT2D eigenvalue weighted by atomic mass is 10.5. The summed E-state index contributed by atoms with van der Waals surface area (Å²) in [7, 11) is 0. The summed E-state index contributed by atoms with van der Waals surface area (Å²) < 4.78 is 14.1. The number of hydrogen-bond donors (Lipinski definition) is 0. The van der Waals surface area contributed by atoms with E-state index in [4.69, 9.17) is 4.74 Å². The lowest BCUT2D eigenvalue weighted by molar-refractivity contribution is -0.142. The van der Waals surface area contributed by atoms with Gasteiger partial charge in [0.1, 0.15) is 6.61 Å². The summed E-state index contributed by atoms with van der Waals surface area (Å²) in [5.74, 6) is -0.461. The van der Waals surface area contributed by atoms with E-state index in [9.17, 15) is 9.59 Å². The zero-order valence-electron chi connectivity index (χ0n) is 10.6. The van der Waals surface area contributed by atoms with Crippen LogP contribution in [0.4, 0.5) is 0 Å². The van der Waals surface area contributed by atoms with Gasteiger partial charge in [0.15, 0.2) is 0 Å². The number of carbonyl (C=O) groups excluding carboxylic acids is 2. The Hall–Kier alpha value is -1.10. The van der Waals surface area contributed by atoms with Gasteiger partial charge < -0.3 is 14.2 Å². The minimum absolute atomic E-state index is 0.211. The van der Waals surface area contributed by atoms with Gasteiger partial charge in [0.05, 0.1) is 13.2 Å². The topological polar surface area (TPSA) is 61.8 Å². The third-order valence-electron chi connectivity index (χ3n) is 1.23. The summed E-state index contributed by atoms with van der Waals surface area (Å²) in [4.78, 5) is 20.0. The average Bonchev–Trinajstić information content (AvgIpc) is 2.17. The Morgan fingerprint density at radius 3 is 1.75 bits per heavy atom. The first-order valence-corrected chi connectivity index (χ1v) is 5.39. The van der Waals surface area contributed by atoms with Crippen LogP contribution in [0.2, 0.25) is 0 Å². The molecule has 5 heteroatoms. The highest BCUT2D eigenvalue weighted by Crippen LogP contribution is 1.81. The van der Waals surface area contributed by atoms with Crippen LogP contribution in [0.1, 0.15) is 34.1 Å². The lowest BCUT2D eigenvalue weighted by Gasteiger charge is -2.01. The molecule has 0 rings (SSSR count). The van der Waals surface area contributed by atoms with Crippen LogP contribution in [-0.4, -0.2) is 38.4 Å². The van der Waals surface area contributed by atoms with Gasteiger partial charge in [0, 0.05) is 20.5 Å². The van der Waals surface area contributed by atoms with Crippen LogP contribution in [-0.2, 0) is 23.8 Å². The van der Waals surface area contributed by atoms with Crippen molar-refractivity contribution in [2.75, 3.05) is 26.4 Å². The summed E-state index contributed by atoms with van der Waals surface area (Å²) >= 11 is 0. The van der Waals surface area contributed by atoms with Gasteiger partial charge in [0.25, 0.3) is 0 Å². The van der Waals surface area contributed by atoms with Gasteiger partial charge in [-0.2, -0.15) is 0 Å². The summed E-state index contributed by atoms with van der Waals surface area (Å²) in [6, 6.07) is 0. The van der Waals surface area contributed by atoms with Crippen LogP contribution in [0, 0.1) is 0 Å². The fourth-order valence-electron chi connectivity index (χ4n) is 0.694. The second kappa shape index (κ2) is 13.9. The Morgan fingerprint density at radius 2 is 1.44 bits per heavy atom. The van der Waals surface area contributed by atoms with Gasteiger partial charge in [-0.1, -0.05) is 6.92 Å². The Bertz CT molecular complexity index is 179. The Kier molecular flexibility index (Phi) is 15.0. The van der Waals surface area contributed by atoms with Crippen molar-refractivity contribution in [3.63, 3.8) is 0 Å². The van der Waals surface area contributed by atoms with Crippen molar-refractivity contribution in [2.24, 2.45) is 0 Å². The molecule has 0 atom stereocenters. The molecule has 16 heavy (non-hydrogen) atoms. The largest absolute Gasteiger partial charge is 0.466 e. The van der Waals surface area contributed by atoms with E-state index in [-0.39, 0.29) is 11.9 Å². The normalized spacial score (nSPS) is 8.75. The molecule has 0 spiro atoms. The maximum atomic E-state index is 10.2. The van der Waals surface area contributed by atoms with Crippen LogP contribution in [0.5, 0.6) is 0 Å². The van der Waals surface area contributed by atoms with Crippen LogP contribution < -0.4 is 0 Å². The number of rotatable bonds is 6. The number of esters is 2. The minimum atomic E-state index is -0.250. The highest BCUT2D eigenvalue weighted by atomic mass is 16.6. The van der Waals surface area contributed by atoms with Gasteiger partial charge in [-0.3, -0.25) is 9.59 Å². The SMILES string of the molecule is CCCOCCOC(C)=O.CCOC(C)=O. The van der Waals surface area contributed by atoms with E-state index in [1.807, 2.05) is 6.92 Å². The molecule has 0 fully saturated rings. The molecule has 96 valence electrons. The molecule has 0 aliphatic carbocycles. The van der Waals surface area contributed by atoms with E-state index in [1.165, 1.54) is 13.8 Å². The van der Waals surface area contributed by atoms with Crippen molar-refractivity contribution in [2.45, 2.75) is 34.1 Å². The molecule has 0 aliphatic rings. The van der Waals surface area contributed by atoms with E-state index >= 15 is 0 Å². The predicted octanol–water partition coefficient (Wildman–Crippen LogP) is 1.55. The Morgan fingerprint density at radius 1 is 0.875 bits per heavy atom. The second-order valence-electron chi connectivity index (χ2n) is 2.88. The van der Waals surface area contributed by atoms with E-state index in [2.05, 4.69) is 9.47 Å².